The molecule has 1 fully saturated rings. The van der Waals surface area contributed by atoms with Gasteiger partial charge in [0.15, 0.2) is 0 Å². The molecule has 1 nitrogen and oxygen atoms in total. The van der Waals surface area contributed by atoms with E-state index in [1.807, 2.05) is 20.8 Å². The smallest absolute Gasteiger partial charge is 0.139 e. The number of carbonyl (C=O) groups is 1. The predicted molar refractivity (Wildman–Crippen MR) is 112 cm³/mol. The number of allylic oxidation sites excluding steroid dienone is 6. The van der Waals surface area contributed by atoms with Crippen LogP contribution < -0.4 is 0 Å². The van der Waals surface area contributed by atoms with Crippen LogP contribution in [-0.4, -0.2) is 5.78 Å². The second-order valence-electron chi connectivity index (χ2n) is 8.35. The molecule has 0 saturated heterocycles. The second kappa shape index (κ2) is 8.90. The summed E-state index contributed by atoms with van der Waals surface area (Å²) in [5, 5.41) is 0. The Bertz CT molecular complexity index is 642. The molecule has 0 bridgehead atoms. The summed E-state index contributed by atoms with van der Waals surface area (Å²) in [6, 6.07) is 0. The van der Waals surface area contributed by atoms with Gasteiger partial charge in [0.25, 0.3) is 0 Å². The first kappa shape index (κ1) is 20.8. The standard InChI is InChI=1S/C23H30O.C2H6/c1-5-19-11-12-21-20-15-22(24)17(3)14-16(2)8-6-9-18(20)10-7-13-23(19,21)4;1-2/h1,6,8,11,14,17-18,20-21H,7,9-10,12-13,15H2,2-4H3;1-2H3/b8-6-,16-14-;. The van der Waals surface area contributed by atoms with Crippen molar-refractivity contribution in [3.8, 4) is 12.3 Å². The zero-order chi connectivity index (χ0) is 19.3. The molecule has 26 heavy (non-hydrogen) atoms. The van der Waals surface area contributed by atoms with Crippen molar-refractivity contribution in [2.75, 3.05) is 0 Å². The molecule has 0 radical (unpaired) electrons. The SMILES string of the molecule is C#CC1=CCC2C3CC(=O)C(C)/C=C(C)\C=C/CC3CCCC12C.CC. The van der Waals surface area contributed by atoms with Crippen LogP contribution in [0.25, 0.3) is 0 Å². The van der Waals surface area contributed by atoms with Crippen molar-refractivity contribution in [1.82, 2.24) is 0 Å². The molecule has 3 aliphatic carbocycles. The third kappa shape index (κ3) is 4.06. The summed E-state index contributed by atoms with van der Waals surface area (Å²) >= 11 is 0. The largest absolute Gasteiger partial charge is 0.299 e. The summed E-state index contributed by atoms with van der Waals surface area (Å²) in [4.78, 5) is 12.9. The molecular weight excluding hydrogens is 316 g/mol. The molecule has 0 spiro atoms. The Morgan fingerprint density at radius 3 is 2.69 bits per heavy atom. The third-order valence-electron chi connectivity index (χ3n) is 6.84. The lowest BCUT2D eigenvalue weighted by Crippen LogP contribution is -2.34. The first-order valence-corrected chi connectivity index (χ1v) is 10.5. The number of ketones is 1. The van der Waals surface area contributed by atoms with Gasteiger partial charge in [-0.1, -0.05) is 69.9 Å². The topological polar surface area (TPSA) is 17.1 Å². The fourth-order valence-corrected chi connectivity index (χ4v) is 5.39. The molecule has 0 aliphatic heterocycles. The second-order valence-corrected chi connectivity index (χ2v) is 8.35. The molecule has 0 aromatic carbocycles. The van der Waals surface area contributed by atoms with E-state index < -0.39 is 0 Å². The highest BCUT2D eigenvalue weighted by Gasteiger charge is 2.48. The molecule has 0 aromatic rings. The van der Waals surface area contributed by atoms with Crippen molar-refractivity contribution in [2.45, 2.75) is 73.1 Å². The van der Waals surface area contributed by atoms with E-state index in [-0.39, 0.29) is 11.3 Å². The summed E-state index contributed by atoms with van der Waals surface area (Å²) < 4.78 is 0. The molecule has 0 heterocycles. The molecule has 5 atom stereocenters. The Balaban J connectivity index is 0.00000117. The van der Waals surface area contributed by atoms with Crippen LogP contribution in [0.1, 0.15) is 73.1 Å². The van der Waals surface area contributed by atoms with Gasteiger partial charge in [0.2, 0.25) is 0 Å². The van der Waals surface area contributed by atoms with E-state index in [2.05, 4.69) is 44.1 Å². The molecule has 0 amide bonds. The van der Waals surface area contributed by atoms with Crippen molar-refractivity contribution in [3.63, 3.8) is 0 Å². The van der Waals surface area contributed by atoms with Gasteiger partial charge in [0, 0.05) is 23.3 Å². The fraction of sp³-hybridized carbons (Fsp3) is 0.640. The Kier molecular flexibility index (Phi) is 7.10. The summed E-state index contributed by atoms with van der Waals surface area (Å²) in [5.41, 5.74) is 2.51. The normalized spacial score (nSPS) is 40.2. The Labute approximate surface area is 161 Å². The highest BCUT2D eigenvalue weighted by Crippen LogP contribution is 2.56. The van der Waals surface area contributed by atoms with Crippen LogP contribution in [0.15, 0.2) is 35.5 Å². The third-order valence-corrected chi connectivity index (χ3v) is 6.84. The molecule has 142 valence electrons. The van der Waals surface area contributed by atoms with Crippen LogP contribution in [0.3, 0.4) is 0 Å². The van der Waals surface area contributed by atoms with Crippen LogP contribution in [0.2, 0.25) is 0 Å². The zero-order valence-electron chi connectivity index (χ0n) is 17.3. The number of hydrogen-bond donors (Lipinski definition) is 0. The number of fused-ring (bicyclic) bond motifs is 3. The summed E-state index contributed by atoms with van der Waals surface area (Å²) in [7, 11) is 0. The van der Waals surface area contributed by atoms with E-state index in [4.69, 9.17) is 6.42 Å². The van der Waals surface area contributed by atoms with E-state index in [0.717, 1.165) is 19.3 Å². The van der Waals surface area contributed by atoms with E-state index >= 15 is 0 Å². The van der Waals surface area contributed by atoms with E-state index in [9.17, 15) is 4.79 Å². The lowest BCUT2D eigenvalue weighted by molar-refractivity contribution is -0.123. The molecule has 1 saturated carbocycles. The molecule has 3 aliphatic rings. The zero-order valence-corrected chi connectivity index (χ0v) is 17.3. The lowest BCUT2D eigenvalue weighted by atomic mass is 9.65. The Morgan fingerprint density at radius 1 is 1.27 bits per heavy atom. The van der Waals surface area contributed by atoms with Gasteiger partial charge in [-0.05, 0) is 50.4 Å². The first-order chi connectivity index (χ1) is 12.5. The number of carbonyl (C=O) groups excluding carboxylic acids is 1. The summed E-state index contributed by atoms with van der Waals surface area (Å²) in [6.45, 7) is 10.5. The van der Waals surface area contributed by atoms with E-state index in [0.29, 0.717) is 23.5 Å². The summed E-state index contributed by atoms with van der Waals surface area (Å²) in [5.74, 6) is 4.98. The van der Waals surface area contributed by atoms with E-state index in [1.165, 1.54) is 30.4 Å². The van der Waals surface area contributed by atoms with Crippen LogP contribution in [0, 0.1) is 41.4 Å². The van der Waals surface area contributed by atoms with Crippen LogP contribution in [0.4, 0.5) is 0 Å². The van der Waals surface area contributed by atoms with Gasteiger partial charge in [0.1, 0.15) is 5.78 Å². The first-order valence-electron chi connectivity index (χ1n) is 10.5. The van der Waals surface area contributed by atoms with Crippen LogP contribution >= 0.6 is 0 Å². The highest BCUT2D eigenvalue weighted by atomic mass is 16.1. The molecular formula is C25H36O. The van der Waals surface area contributed by atoms with Gasteiger partial charge >= 0.3 is 0 Å². The minimum atomic E-state index is 0.0179. The molecule has 0 N–H and O–H groups in total. The van der Waals surface area contributed by atoms with Gasteiger partial charge in [-0.3, -0.25) is 4.79 Å². The van der Waals surface area contributed by atoms with Gasteiger partial charge in [-0.25, -0.2) is 0 Å². The van der Waals surface area contributed by atoms with Crippen molar-refractivity contribution >= 4 is 5.78 Å². The number of rotatable bonds is 0. The average Bonchev–Trinajstić information content (AvgIpc) is 2.88. The average molecular weight is 353 g/mol. The van der Waals surface area contributed by atoms with Gasteiger partial charge in [-0.15, -0.1) is 6.42 Å². The van der Waals surface area contributed by atoms with Crippen molar-refractivity contribution < 1.29 is 4.79 Å². The minimum absolute atomic E-state index is 0.0179. The number of hydrogen-bond acceptors (Lipinski definition) is 1. The molecule has 5 unspecified atom stereocenters. The van der Waals surface area contributed by atoms with Crippen molar-refractivity contribution in [3.05, 3.63) is 35.5 Å². The lowest BCUT2D eigenvalue weighted by Gasteiger charge is -2.39. The van der Waals surface area contributed by atoms with Crippen LogP contribution in [0.5, 0.6) is 0 Å². The number of terminal acetylenes is 1. The Hall–Kier alpha value is -1.55. The molecule has 3 rings (SSSR count). The quantitative estimate of drug-likeness (QED) is 0.454. The number of Topliss-reactive ketones (excluding diaryl/α,β-unsaturated/α-hetero) is 1. The van der Waals surface area contributed by atoms with Gasteiger partial charge in [0.05, 0.1) is 0 Å². The predicted octanol–water partition coefficient (Wildman–Crippen LogP) is 6.52. The Morgan fingerprint density at radius 2 is 2.00 bits per heavy atom. The van der Waals surface area contributed by atoms with E-state index in [1.54, 1.807) is 0 Å². The van der Waals surface area contributed by atoms with Gasteiger partial charge < -0.3 is 0 Å². The monoisotopic (exact) mass is 352 g/mol. The maximum atomic E-state index is 12.9. The summed E-state index contributed by atoms with van der Waals surface area (Å²) in [6.07, 6.45) is 21.2. The van der Waals surface area contributed by atoms with Crippen molar-refractivity contribution in [1.29, 1.82) is 0 Å². The van der Waals surface area contributed by atoms with Crippen molar-refractivity contribution in [2.24, 2.45) is 29.1 Å². The molecule has 0 aromatic heterocycles. The van der Waals surface area contributed by atoms with Crippen LogP contribution in [-0.2, 0) is 4.79 Å². The minimum Gasteiger partial charge on any atom is -0.299 e. The maximum Gasteiger partial charge on any atom is 0.139 e. The molecule has 1 heteroatoms. The maximum absolute atomic E-state index is 12.9. The highest BCUT2D eigenvalue weighted by molar-refractivity contribution is 5.82. The van der Waals surface area contributed by atoms with Gasteiger partial charge in [-0.2, -0.15) is 0 Å². The fourth-order valence-electron chi connectivity index (χ4n) is 5.39.